The van der Waals surface area contributed by atoms with Crippen LogP contribution in [0.1, 0.15) is 19.8 Å². The molecule has 2 atom stereocenters. The molecule has 12 heavy (non-hydrogen) atoms. The van der Waals surface area contributed by atoms with Crippen molar-refractivity contribution >= 4 is 0 Å². The van der Waals surface area contributed by atoms with Crippen LogP contribution in [0, 0.1) is 0 Å². The minimum atomic E-state index is -2.55. The second kappa shape index (κ2) is 2.93. The third kappa shape index (κ3) is 1.23. The van der Waals surface area contributed by atoms with Crippen molar-refractivity contribution in [2.75, 3.05) is 6.61 Å². The lowest BCUT2D eigenvalue weighted by Crippen LogP contribution is -2.56. The standard InChI is InChI=1S/C7H14O5/c1-2-3-6(9)7(10,11)5(8)4-12-6/h5,8-11H,2-4H2,1H3/t5-,6?/m0/s1. The molecule has 4 N–H and O–H groups in total. The van der Waals surface area contributed by atoms with Gasteiger partial charge in [-0.2, -0.15) is 0 Å². The fourth-order valence-corrected chi connectivity index (χ4v) is 1.29. The second-order valence-electron chi connectivity index (χ2n) is 3.09. The number of hydrogen-bond donors (Lipinski definition) is 4. The predicted octanol–water partition coefficient (Wildman–Crippen LogP) is -1.45. The first-order valence-corrected chi connectivity index (χ1v) is 3.93. The Labute approximate surface area is 70.2 Å². The van der Waals surface area contributed by atoms with Crippen molar-refractivity contribution < 1.29 is 25.2 Å². The molecule has 0 aliphatic carbocycles. The van der Waals surface area contributed by atoms with Crippen LogP contribution >= 0.6 is 0 Å². The summed E-state index contributed by atoms with van der Waals surface area (Å²) >= 11 is 0. The lowest BCUT2D eigenvalue weighted by Gasteiger charge is -2.32. The van der Waals surface area contributed by atoms with Crippen molar-refractivity contribution in [1.29, 1.82) is 0 Å². The maximum absolute atomic E-state index is 9.51. The van der Waals surface area contributed by atoms with E-state index in [0.717, 1.165) is 0 Å². The van der Waals surface area contributed by atoms with Gasteiger partial charge < -0.3 is 25.2 Å². The topological polar surface area (TPSA) is 90.2 Å². The molecule has 1 unspecified atom stereocenters. The highest BCUT2D eigenvalue weighted by Crippen LogP contribution is 2.35. The van der Waals surface area contributed by atoms with Gasteiger partial charge in [0.1, 0.15) is 6.10 Å². The summed E-state index contributed by atoms with van der Waals surface area (Å²) in [5, 5.41) is 37.0. The molecule has 0 bridgehead atoms. The number of aliphatic hydroxyl groups is 4. The summed E-state index contributed by atoms with van der Waals surface area (Å²) in [7, 11) is 0. The van der Waals surface area contributed by atoms with Gasteiger partial charge in [-0.3, -0.25) is 0 Å². The van der Waals surface area contributed by atoms with E-state index in [0.29, 0.717) is 6.42 Å². The summed E-state index contributed by atoms with van der Waals surface area (Å²) in [5.74, 6) is -4.58. The molecule has 1 aliphatic heterocycles. The quantitative estimate of drug-likeness (QED) is 0.388. The van der Waals surface area contributed by atoms with Crippen LogP contribution in [0.15, 0.2) is 0 Å². The van der Waals surface area contributed by atoms with E-state index in [1.807, 2.05) is 0 Å². The first kappa shape index (κ1) is 9.88. The van der Waals surface area contributed by atoms with E-state index in [-0.39, 0.29) is 13.0 Å². The van der Waals surface area contributed by atoms with Gasteiger partial charge in [0.05, 0.1) is 6.61 Å². The summed E-state index contributed by atoms with van der Waals surface area (Å²) < 4.78 is 4.71. The molecule has 0 aromatic rings. The zero-order valence-corrected chi connectivity index (χ0v) is 6.90. The Bertz CT molecular complexity index is 165. The number of hydrogen-bond acceptors (Lipinski definition) is 5. The van der Waals surface area contributed by atoms with Gasteiger partial charge in [0, 0.05) is 6.42 Å². The molecule has 1 aliphatic rings. The summed E-state index contributed by atoms with van der Waals surface area (Å²) in [6.07, 6.45) is -0.836. The zero-order chi connectivity index (χ0) is 9.41. The molecule has 5 heteroatoms. The van der Waals surface area contributed by atoms with Gasteiger partial charge in [0.25, 0.3) is 0 Å². The van der Waals surface area contributed by atoms with E-state index in [1.165, 1.54) is 0 Å². The first-order chi connectivity index (χ1) is 5.44. The van der Waals surface area contributed by atoms with Crippen LogP contribution in [0.25, 0.3) is 0 Å². The highest BCUT2D eigenvalue weighted by atomic mass is 16.7. The van der Waals surface area contributed by atoms with Crippen molar-refractivity contribution in [3.63, 3.8) is 0 Å². The van der Waals surface area contributed by atoms with Crippen molar-refractivity contribution in [3.05, 3.63) is 0 Å². The van der Waals surface area contributed by atoms with Gasteiger partial charge in [-0.25, -0.2) is 0 Å². The SMILES string of the molecule is CCCC1(O)OC[C@H](O)C1(O)O. The third-order valence-corrected chi connectivity index (χ3v) is 2.11. The average Bonchev–Trinajstić information content (AvgIpc) is 2.16. The van der Waals surface area contributed by atoms with E-state index < -0.39 is 17.7 Å². The van der Waals surface area contributed by atoms with Crippen LogP contribution in [0.2, 0.25) is 0 Å². The fraction of sp³-hybridized carbons (Fsp3) is 1.00. The monoisotopic (exact) mass is 178 g/mol. The minimum absolute atomic E-state index is 0.0804. The first-order valence-electron chi connectivity index (χ1n) is 3.93. The molecule has 1 heterocycles. The lowest BCUT2D eigenvalue weighted by molar-refractivity contribution is -0.345. The summed E-state index contributed by atoms with van der Waals surface area (Å²) in [6, 6.07) is 0. The number of ether oxygens (including phenoxy) is 1. The molecule has 5 nitrogen and oxygen atoms in total. The van der Waals surface area contributed by atoms with Crippen LogP contribution < -0.4 is 0 Å². The van der Waals surface area contributed by atoms with Crippen LogP contribution in [-0.2, 0) is 4.74 Å². The van der Waals surface area contributed by atoms with E-state index >= 15 is 0 Å². The maximum atomic E-state index is 9.51. The smallest absolute Gasteiger partial charge is 0.247 e. The summed E-state index contributed by atoms with van der Waals surface area (Å²) in [6.45, 7) is 1.51. The van der Waals surface area contributed by atoms with Crippen molar-refractivity contribution in [1.82, 2.24) is 0 Å². The Hall–Kier alpha value is -0.200. The van der Waals surface area contributed by atoms with E-state index in [9.17, 15) is 15.3 Å². The van der Waals surface area contributed by atoms with E-state index in [4.69, 9.17) is 9.84 Å². The Kier molecular flexibility index (Phi) is 2.42. The fourth-order valence-electron chi connectivity index (χ4n) is 1.29. The Balaban J connectivity index is 2.78. The average molecular weight is 178 g/mol. The van der Waals surface area contributed by atoms with Gasteiger partial charge in [0.2, 0.25) is 11.6 Å². The normalized spacial score (nSPS) is 40.2. The van der Waals surface area contributed by atoms with Crippen LogP contribution in [0.4, 0.5) is 0 Å². The van der Waals surface area contributed by atoms with Gasteiger partial charge in [0.15, 0.2) is 0 Å². The Morgan fingerprint density at radius 1 is 1.42 bits per heavy atom. The van der Waals surface area contributed by atoms with Crippen LogP contribution in [0.3, 0.4) is 0 Å². The number of rotatable bonds is 2. The summed E-state index contributed by atoms with van der Waals surface area (Å²) in [5.41, 5.74) is 0. The molecule has 0 spiro atoms. The van der Waals surface area contributed by atoms with Gasteiger partial charge in [-0.15, -0.1) is 0 Å². The second-order valence-corrected chi connectivity index (χ2v) is 3.09. The van der Waals surface area contributed by atoms with Gasteiger partial charge >= 0.3 is 0 Å². The number of aliphatic hydroxyl groups excluding tert-OH is 1. The molecular weight excluding hydrogens is 164 g/mol. The van der Waals surface area contributed by atoms with E-state index in [2.05, 4.69) is 0 Å². The third-order valence-electron chi connectivity index (χ3n) is 2.11. The van der Waals surface area contributed by atoms with Gasteiger partial charge in [-0.05, 0) is 0 Å². The van der Waals surface area contributed by atoms with Crippen LogP contribution in [-0.4, -0.2) is 44.7 Å². The molecular formula is C7H14O5. The molecule has 0 amide bonds. The Morgan fingerprint density at radius 3 is 2.33 bits per heavy atom. The van der Waals surface area contributed by atoms with Crippen molar-refractivity contribution in [2.24, 2.45) is 0 Å². The predicted molar refractivity (Wildman–Crippen MR) is 39.0 cm³/mol. The molecule has 0 aromatic carbocycles. The van der Waals surface area contributed by atoms with Crippen LogP contribution in [0.5, 0.6) is 0 Å². The molecule has 1 rings (SSSR count). The zero-order valence-electron chi connectivity index (χ0n) is 6.90. The largest absolute Gasteiger partial charge is 0.385 e. The molecule has 0 radical (unpaired) electrons. The molecule has 1 fully saturated rings. The lowest BCUT2D eigenvalue weighted by atomic mass is 9.99. The molecule has 0 saturated carbocycles. The van der Waals surface area contributed by atoms with Crippen molar-refractivity contribution in [2.45, 2.75) is 37.4 Å². The Morgan fingerprint density at radius 2 is 2.00 bits per heavy atom. The highest BCUT2D eigenvalue weighted by molar-refractivity contribution is 4.95. The maximum Gasteiger partial charge on any atom is 0.247 e. The highest BCUT2D eigenvalue weighted by Gasteiger charge is 2.59. The van der Waals surface area contributed by atoms with Gasteiger partial charge in [-0.1, -0.05) is 13.3 Å². The van der Waals surface area contributed by atoms with Crippen molar-refractivity contribution in [3.8, 4) is 0 Å². The summed E-state index contributed by atoms with van der Waals surface area (Å²) in [4.78, 5) is 0. The molecule has 1 saturated heterocycles. The minimum Gasteiger partial charge on any atom is -0.385 e. The molecule has 0 aromatic heterocycles. The van der Waals surface area contributed by atoms with E-state index in [1.54, 1.807) is 6.92 Å². The molecule has 72 valence electrons.